The van der Waals surface area contributed by atoms with E-state index in [1.54, 1.807) is 0 Å². The first-order valence-corrected chi connectivity index (χ1v) is 22.6. The maximum absolute atomic E-state index is 13.8. The Morgan fingerprint density at radius 1 is 0.667 bits per heavy atom. The van der Waals surface area contributed by atoms with Crippen LogP contribution in [0.15, 0.2) is 60.8 Å². The van der Waals surface area contributed by atoms with Crippen molar-refractivity contribution in [3.8, 4) is 33.5 Å². The molecular weight excluding hydrogens is 797 g/mol. The summed E-state index contributed by atoms with van der Waals surface area (Å²) in [6.45, 7) is 8.88. The first-order valence-electron chi connectivity index (χ1n) is 22.6. The number of imidazole rings is 2. The molecule has 9 rings (SSSR count). The number of rotatable bonds is 11. The van der Waals surface area contributed by atoms with E-state index in [-0.39, 0.29) is 35.7 Å². The first kappa shape index (κ1) is 42.1. The minimum absolute atomic E-state index is 0.102. The van der Waals surface area contributed by atoms with Crippen LogP contribution in [0.2, 0.25) is 0 Å². The Labute approximate surface area is 367 Å². The highest BCUT2D eigenvalue weighted by molar-refractivity contribution is 5.89. The number of carbonyl (C=O) groups is 4. The molecule has 3 fully saturated rings. The molecule has 5 aromatic rings. The number of H-pyrrole nitrogens is 2. The number of aromatic nitrogens is 4. The molecule has 4 aliphatic rings. The average Bonchev–Trinajstić information content (AvgIpc) is 4.16. The third-order valence-electron chi connectivity index (χ3n) is 13.9. The van der Waals surface area contributed by atoms with Crippen molar-refractivity contribution in [2.45, 2.75) is 109 Å². The SMILES string of the molecule is COC(=O)N[C@H](C(=O)N1CCC[C@H]1c1ncc(-c2ccc(-c3ccc(-c4ccc5[nH]c([C@@H]6CCCN6C(=O)[C@@H](NC(=O)OC)C(C)C)nc5c4)c4c3[C@H]3CC[C@@H]4C3)cc2)[nH]1)C(C)C. The molecule has 0 radical (unpaired) electrons. The molecule has 2 saturated heterocycles. The van der Waals surface area contributed by atoms with Crippen molar-refractivity contribution in [3.05, 3.63) is 83.6 Å². The number of methoxy groups -OCH3 is 2. The minimum Gasteiger partial charge on any atom is -0.453 e. The summed E-state index contributed by atoms with van der Waals surface area (Å²) in [7, 11) is 2.61. The summed E-state index contributed by atoms with van der Waals surface area (Å²) in [6, 6.07) is 18.0. The quantitative estimate of drug-likeness (QED) is 0.102. The lowest BCUT2D eigenvalue weighted by molar-refractivity contribution is -0.136. The van der Waals surface area contributed by atoms with Crippen LogP contribution in [0.1, 0.15) is 119 Å². The number of aromatic amines is 2. The lowest BCUT2D eigenvalue weighted by atomic mass is 9.81. The van der Waals surface area contributed by atoms with Gasteiger partial charge in [-0.15, -0.1) is 0 Å². The van der Waals surface area contributed by atoms with Crippen molar-refractivity contribution in [2.75, 3.05) is 27.3 Å². The monoisotopic (exact) mass is 854 g/mol. The van der Waals surface area contributed by atoms with E-state index in [0.717, 1.165) is 65.2 Å². The van der Waals surface area contributed by atoms with E-state index in [9.17, 15) is 19.2 Å². The van der Waals surface area contributed by atoms with Gasteiger partial charge in [0.05, 0.1) is 49.2 Å². The summed E-state index contributed by atoms with van der Waals surface area (Å²) in [5.41, 5.74) is 11.5. The fourth-order valence-corrected chi connectivity index (χ4v) is 10.7. The standard InChI is InChI=1S/C49H58N8O6/c1-26(2)42(54-48(60)62-5)46(58)56-21-7-9-38(56)44-50-25-37(53-44)29-13-11-28(12-14-29)33-18-19-34(41-32-16-15-31(23-32)40(33)41)30-17-20-35-36(24-30)52-45(51-35)39-10-8-22-57(39)47(59)43(27(3)4)55-49(61)63-6/h11-14,17-20,24-27,31-32,38-39,42-43H,7-10,15-16,21-23H2,1-6H3,(H,50,53)(H,51,52)(H,54,60)(H,55,61)/t31-,32+,38-,39-,42-,43-/m0/s1. The number of carbonyl (C=O) groups excluding carboxylic acids is 4. The molecule has 2 aliphatic heterocycles. The minimum atomic E-state index is -0.687. The molecule has 3 aromatic carbocycles. The van der Waals surface area contributed by atoms with Gasteiger partial charge in [-0.25, -0.2) is 19.6 Å². The van der Waals surface area contributed by atoms with E-state index in [0.29, 0.717) is 24.9 Å². The van der Waals surface area contributed by atoms with Gasteiger partial charge in [0.2, 0.25) is 11.8 Å². The molecule has 2 bridgehead atoms. The van der Waals surface area contributed by atoms with Crippen LogP contribution in [0.3, 0.4) is 0 Å². The number of hydrogen-bond donors (Lipinski definition) is 4. The van der Waals surface area contributed by atoms with Crippen LogP contribution < -0.4 is 10.6 Å². The van der Waals surface area contributed by atoms with Gasteiger partial charge in [-0.3, -0.25) is 9.59 Å². The molecule has 0 spiro atoms. The Hall–Kier alpha value is -6.18. The Morgan fingerprint density at radius 3 is 1.75 bits per heavy atom. The summed E-state index contributed by atoms with van der Waals surface area (Å²) < 4.78 is 9.61. The number of fused-ring (bicyclic) bond motifs is 6. The predicted octanol–water partition coefficient (Wildman–Crippen LogP) is 8.74. The molecule has 14 nitrogen and oxygen atoms in total. The lowest BCUT2D eigenvalue weighted by Crippen LogP contribution is -2.51. The van der Waals surface area contributed by atoms with Crippen molar-refractivity contribution in [2.24, 2.45) is 11.8 Å². The number of likely N-dealkylation sites (tertiary alicyclic amines) is 2. The zero-order valence-corrected chi connectivity index (χ0v) is 37.0. The molecule has 4 heterocycles. The third-order valence-corrected chi connectivity index (χ3v) is 13.9. The van der Waals surface area contributed by atoms with Gasteiger partial charge >= 0.3 is 12.2 Å². The van der Waals surface area contributed by atoms with Crippen LogP contribution in [-0.2, 0) is 19.1 Å². The normalized spacial score (nSPS) is 21.3. The van der Waals surface area contributed by atoms with Gasteiger partial charge in [0.1, 0.15) is 23.7 Å². The Bertz CT molecular complexity index is 2540. The van der Waals surface area contributed by atoms with Crippen molar-refractivity contribution in [1.82, 2.24) is 40.4 Å². The van der Waals surface area contributed by atoms with Crippen molar-refractivity contribution >= 4 is 35.0 Å². The molecule has 2 aliphatic carbocycles. The third kappa shape index (κ3) is 7.82. The summed E-state index contributed by atoms with van der Waals surface area (Å²) >= 11 is 0. The van der Waals surface area contributed by atoms with Gasteiger partial charge in [0.15, 0.2) is 0 Å². The van der Waals surface area contributed by atoms with E-state index in [1.807, 2.05) is 43.7 Å². The molecule has 1 saturated carbocycles. The van der Waals surface area contributed by atoms with Crippen LogP contribution in [0, 0.1) is 11.8 Å². The molecular formula is C49H58N8O6. The van der Waals surface area contributed by atoms with Gasteiger partial charge in [0.25, 0.3) is 0 Å². The van der Waals surface area contributed by atoms with Crippen molar-refractivity contribution < 1.29 is 28.7 Å². The van der Waals surface area contributed by atoms with Crippen molar-refractivity contribution in [1.29, 1.82) is 0 Å². The molecule has 2 aromatic heterocycles. The van der Waals surface area contributed by atoms with Gasteiger partial charge in [-0.2, -0.15) is 0 Å². The maximum Gasteiger partial charge on any atom is 0.407 e. The molecule has 14 heteroatoms. The largest absolute Gasteiger partial charge is 0.453 e. The van der Waals surface area contributed by atoms with Crippen LogP contribution in [0.25, 0.3) is 44.5 Å². The highest BCUT2D eigenvalue weighted by Crippen LogP contribution is 2.58. The Balaban J connectivity index is 0.949. The topological polar surface area (TPSA) is 175 Å². The summed E-state index contributed by atoms with van der Waals surface area (Å²) in [4.78, 5) is 72.2. The zero-order chi connectivity index (χ0) is 44.1. The number of hydrogen-bond acceptors (Lipinski definition) is 8. The van der Waals surface area contributed by atoms with Crippen LogP contribution in [-0.4, -0.2) is 93.1 Å². The van der Waals surface area contributed by atoms with Crippen LogP contribution in [0.4, 0.5) is 9.59 Å². The number of nitrogens with zero attached hydrogens (tertiary/aromatic N) is 4. The average molecular weight is 855 g/mol. The van der Waals surface area contributed by atoms with Crippen molar-refractivity contribution in [3.63, 3.8) is 0 Å². The smallest absolute Gasteiger partial charge is 0.407 e. The Morgan fingerprint density at radius 2 is 1.19 bits per heavy atom. The van der Waals surface area contributed by atoms with E-state index >= 15 is 0 Å². The predicted molar refractivity (Wildman–Crippen MR) is 240 cm³/mol. The highest BCUT2D eigenvalue weighted by atomic mass is 16.5. The molecule has 330 valence electrons. The second kappa shape index (κ2) is 17.2. The zero-order valence-electron chi connectivity index (χ0n) is 37.0. The Kier molecular flexibility index (Phi) is 11.5. The second-order valence-electron chi connectivity index (χ2n) is 18.4. The van der Waals surface area contributed by atoms with Crippen LogP contribution in [0.5, 0.6) is 0 Å². The van der Waals surface area contributed by atoms with Crippen LogP contribution >= 0.6 is 0 Å². The van der Waals surface area contributed by atoms with Gasteiger partial charge in [-0.05, 0) is 120 Å². The molecule has 4 amide bonds. The number of alkyl carbamates (subject to hydrolysis) is 2. The summed E-state index contributed by atoms with van der Waals surface area (Å²) in [5, 5.41) is 5.46. The maximum atomic E-state index is 13.8. The lowest BCUT2D eigenvalue weighted by Gasteiger charge is -2.30. The number of ether oxygens (including phenoxy) is 2. The molecule has 4 N–H and O–H groups in total. The number of benzene rings is 3. The number of amides is 4. The molecule has 63 heavy (non-hydrogen) atoms. The molecule has 6 atom stereocenters. The van der Waals surface area contributed by atoms with Gasteiger partial charge in [0, 0.05) is 13.1 Å². The number of nitrogens with one attached hydrogen (secondary N) is 4. The van der Waals surface area contributed by atoms with Gasteiger partial charge in [-0.1, -0.05) is 70.2 Å². The molecule has 0 unspecified atom stereocenters. The van der Waals surface area contributed by atoms with E-state index in [1.165, 1.54) is 61.3 Å². The fourth-order valence-electron chi connectivity index (χ4n) is 10.7. The summed E-state index contributed by atoms with van der Waals surface area (Å²) in [5.74, 6) is 2.11. The van der Waals surface area contributed by atoms with E-state index in [4.69, 9.17) is 19.4 Å². The van der Waals surface area contributed by atoms with Gasteiger partial charge < -0.3 is 39.9 Å². The highest BCUT2D eigenvalue weighted by Gasteiger charge is 2.42. The fraction of sp³-hybridized carbons (Fsp3) is 0.469. The van der Waals surface area contributed by atoms with E-state index in [2.05, 4.69) is 75.2 Å². The first-order chi connectivity index (χ1) is 30.4. The van der Waals surface area contributed by atoms with E-state index < -0.39 is 24.3 Å². The second-order valence-corrected chi connectivity index (χ2v) is 18.4. The summed E-state index contributed by atoms with van der Waals surface area (Å²) in [6.07, 6.45) is 7.49.